The molecule has 1 aromatic carbocycles. The predicted octanol–water partition coefficient (Wildman–Crippen LogP) is 2.37. The Morgan fingerprint density at radius 1 is 1.19 bits per heavy atom. The first kappa shape index (κ1) is 25.1. The summed E-state index contributed by atoms with van der Waals surface area (Å²) in [5.41, 5.74) is -1.52. The van der Waals surface area contributed by atoms with Gasteiger partial charge in [-0.05, 0) is 31.9 Å². The van der Waals surface area contributed by atoms with Crippen molar-refractivity contribution in [1.82, 2.24) is 10.6 Å². The van der Waals surface area contributed by atoms with E-state index in [1.54, 1.807) is 13.8 Å². The van der Waals surface area contributed by atoms with Gasteiger partial charge in [-0.15, -0.1) is 0 Å². The lowest BCUT2D eigenvalue weighted by atomic mass is 9.85. The van der Waals surface area contributed by atoms with Gasteiger partial charge in [-0.1, -0.05) is 32.0 Å². The maximum atomic E-state index is 13.0. The second kappa shape index (κ2) is 9.54. The van der Waals surface area contributed by atoms with E-state index in [2.05, 4.69) is 10.6 Å². The normalized spacial score (nSPS) is 21.2. The number of amides is 2. The second-order valence-corrected chi connectivity index (χ2v) is 8.64. The van der Waals surface area contributed by atoms with E-state index in [0.717, 1.165) is 6.07 Å². The summed E-state index contributed by atoms with van der Waals surface area (Å²) in [5.74, 6) is -2.13. The van der Waals surface area contributed by atoms with Gasteiger partial charge in [-0.3, -0.25) is 9.59 Å². The molecule has 1 aliphatic heterocycles. The fourth-order valence-corrected chi connectivity index (χ4v) is 3.13. The Morgan fingerprint density at radius 2 is 1.84 bits per heavy atom. The molecule has 2 rings (SSSR count). The number of carbonyl (C=O) groups excluding carboxylic acids is 2. The van der Waals surface area contributed by atoms with Crippen LogP contribution in [0.2, 0.25) is 0 Å². The van der Waals surface area contributed by atoms with Crippen molar-refractivity contribution >= 4 is 11.8 Å². The van der Waals surface area contributed by atoms with Crippen molar-refractivity contribution in [3.05, 3.63) is 35.4 Å². The SMILES string of the molecule is CC1(C)OCC(C)(C)C(C(=O)NCCC(O)C(=O)NCc2ccccc2C(F)(F)F)O1. The molecule has 1 aliphatic rings. The summed E-state index contributed by atoms with van der Waals surface area (Å²) >= 11 is 0. The maximum Gasteiger partial charge on any atom is 0.416 e. The monoisotopic (exact) mass is 446 g/mol. The van der Waals surface area contributed by atoms with Gasteiger partial charge in [-0.2, -0.15) is 13.2 Å². The van der Waals surface area contributed by atoms with Crippen LogP contribution in [0.5, 0.6) is 0 Å². The van der Waals surface area contributed by atoms with Crippen LogP contribution in [0.4, 0.5) is 13.2 Å². The summed E-state index contributed by atoms with van der Waals surface area (Å²) in [7, 11) is 0. The molecule has 1 saturated heterocycles. The molecule has 10 heteroatoms. The van der Waals surface area contributed by atoms with Crippen LogP contribution in [0, 0.1) is 5.41 Å². The molecular weight excluding hydrogens is 417 g/mol. The minimum absolute atomic E-state index is 0.0101. The van der Waals surface area contributed by atoms with Crippen LogP contribution in [-0.4, -0.2) is 48.1 Å². The van der Waals surface area contributed by atoms with Gasteiger partial charge in [0.25, 0.3) is 0 Å². The number of alkyl halides is 3. The van der Waals surface area contributed by atoms with E-state index in [0.29, 0.717) is 6.61 Å². The van der Waals surface area contributed by atoms with E-state index in [1.807, 2.05) is 13.8 Å². The quantitative estimate of drug-likeness (QED) is 0.598. The number of ether oxygens (including phenoxy) is 2. The topological polar surface area (TPSA) is 96.9 Å². The first-order valence-electron chi connectivity index (χ1n) is 9.93. The Labute approximate surface area is 179 Å². The molecule has 0 radical (unpaired) electrons. The lowest BCUT2D eigenvalue weighted by molar-refractivity contribution is -0.304. The Morgan fingerprint density at radius 3 is 2.48 bits per heavy atom. The van der Waals surface area contributed by atoms with Crippen molar-refractivity contribution < 1.29 is 37.3 Å². The van der Waals surface area contributed by atoms with Gasteiger partial charge in [0.1, 0.15) is 12.2 Å². The smallest absolute Gasteiger partial charge is 0.383 e. The molecule has 2 amide bonds. The van der Waals surface area contributed by atoms with Crippen molar-refractivity contribution in [3.63, 3.8) is 0 Å². The highest BCUT2D eigenvalue weighted by Gasteiger charge is 2.45. The van der Waals surface area contributed by atoms with Gasteiger partial charge in [0.05, 0.1) is 12.2 Å². The molecule has 0 aromatic heterocycles. The molecule has 0 spiro atoms. The van der Waals surface area contributed by atoms with Crippen LogP contribution in [0.25, 0.3) is 0 Å². The molecule has 31 heavy (non-hydrogen) atoms. The number of rotatable bonds is 7. The van der Waals surface area contributed by atoms with Crippen LogP contribution in [0.1, 0.15) is 45.2 Å². The zero-order valence-corrected chi connectivity index (χ0v) is 18.0. The van der Waals surface area contributed by atoms with E-state index in [9.17, 15) is 27.9 Å². The summed E-state index contributed by atoms with van der Waals surface area (Å²) in [6, 6.07) is 4.88. The number of aliphatic hydroxyl groups excluding tert-OH is 1. The van der Waals surface area contributed by atoms with E-state index in [-0.39, 0.29) is 25.1 Å². The average Bonchev–Trinajstić information content (AvgIpc) is 2.67. The van der Waals surface area contributed by atoms with Crippen LogP contribution >= 0.6 is 0 Å². The minimum Gasteiger partial charge on any atom is -0.383 e. The largest absolute Gasteiger partial charge is 0.416 e. The van der Waals surface area contributed by atoms with Gasteiger partial charge in [0.2, 0.25) is 11.8 Å². The molecule has 0 aliphatic carbocycles. The molecule has 7 nitrogen and oxygen atoms in total. The van der Waals surface area contributed by atoms with Crippen molar-refractivity contribution in [2.75, 3.05) is 13.2 Å². The summed E-state index contributed by atoms with van der Waals surface area (Å²) < 4.78 is 50.3. The Hall–Kier alpha value is -2.17. The molecule has 2 atom stereocenters. The van der Waals surface area contributed by atoms with Crippen molar-refractivity contribution in [1.29, 1.82) is 0 Å². The molecule has 1 heterocycles. The maximum absolute atomic E-state index is 13.0. The van der Waals surface area contributed by atoms with Gasteiger partial charge in [0.15, 0.2) is 5.79 Å². The molecule has 174 valence electrons. The van der Waals surface area contributed by atoms with Gasteiger partial charge in [-0.25, -0.2) is 0 Å². The van der Waals surface area contributed by atoms with Crippen molar-refractivity contribution in [2.45, 2.75) is 64.8 Å². The molecule has 2 unspecified atom stereocenters. The number of hydrogen-bond acceptors (Lipinski definition) is 5. The number of nitrogens with one attached hydrogen (secondary N) is 2. The van der Waals surface area contributed by atoms with Gasteiger partial charge >= 0.3 is 6.18 Å². The fraction of sp³-hybridized carbons (Fsp3) is 0.619. The number of benzene rings is 1. The number of carbonyl (C=O) groups is 2. The molecule has 1 aromatic rings. The first-order valence-corrected chi connectivity index (χ1v) is 9.93. The third kappa shape index (κ3) is 6.91. The van der Waals surface area contributed by atoms with Crippen LogP contribution in [0.3, 0.4) is 0 Å². The molecule has 1 fully saturated rings. The predicted molar refractivity (Wildman–Crippen MR) is 106 cm³/mol. The highest BCUT2D eigenvalue weighted by molar-refractivity contribution is 5.82. The van der Waals surface area contributed by atoms with Crippen molar-refractivity contribution in [3.8, 4) is 0 Å². The zero-order chi connectivity index (χ0) is 23.4. The van der Waals surface area contributed by atoms with E-state index < -0.39 is 47.0 Å². The molecule has 0 saturated carbocycles. The Kier molecular flexibility index (Phi) is 7.72. The Bertz CT molecular complexity index is 795. The van der Waals surface area contributed by atoms with Gasteiger partial charge < -0.3 is 25.2 Å². The van der Waals surface area contributed by atoms with E-state index in [1.165, 1.54) is 18.2 Å². The third-order valence-electron chi connectivity index (χ3n) is 4.94. The van der Waals surface area contributed by atoms with E-state index >= 15 is 0 Å². The number of halogens is 3. The average molecular weight is 446 g/mol. The van der Waals surface area contributed by atoms with Crippen LogP contribution in [0.15, 0.2) is 24.3 Å². The zero-order valence-electron chi connectivity index (χ0n) is 18.0. The highest BCUT2D eigenvalue weighted by Crippen LogP contribution is 2.35. The standard InChI is InChI=1S/C21H29F3N2O5/c1-19(2)12-30-20(3,4)31-16(19)18(29)25-10-9-15(27)17(28)26-11-13-7-5-6-8-14(13)21(22,23)24/h5-8,15-16,27H,9-12H2,1-4H3,(H,25,29)(H,26,28). The molecule has 3 N–H and O–H groups in total. The first-order chi connectivity index (χ1) is 14.2. The minimum atomic E-state index is -4.54. The number of hydrogen-bond donors (Lipinski definition) is 3. The van der Waals surface area contributed by atoms with Crippen LogP contribution in [-0.2, 0) is 31.8 Å². The molecule has 0 bridgehead atoms. The summed E-state index contributed by atoms with van der Waals surface area (Å²) in [6.45, 7) is 6.99. The summed E-state index contributed by atoms with van der Waals surface area (Å²) in [4.78, 5) is 24.6. The van der Waals surface area contributed by atoms with Gasteiger partial charge in [0, 0.05) is 18.5 Å². The summed E-state index contributed by atoms with van der Waals surface area (Å²) in [5, 5.41) is 14.9. The highest BCUT2D eigenvalue weighted by atomic mass is 19.4. The summed E-state index contributed by atoms with van der Waals surface area (Å²) in [6.07, 6.45) is -6.91. The number of aliphatic hydroxyl groups is 1. The van der Waals surface area contributed by atoms with E-state index in [4.69, 9.17) is 9.47 Å². The fourth-order valence-electron chi connectivity index (χ4n) is 3.13. The lowest BCUT2D eigenvalue weighted by Gasteiger charge is -2.44. The lowest BCUT2D eigenvalue weighted by Crippen LogP contribution is -2.56. The third-order valence-corrected chi connectivity index (χ3v) is 4.94. The van der Waals surface area contributed by atoms with Crippen LogP contribution < -0.4 is 10.6 Å². The Balaban J connectivity index is 1.83. The second-order valence-electron chi connectivity index (χ2n) is 8.64. The molecular formula is C21H29F3N2O5. The van der Waals surface area contributed by atoms with Crippen molar-refractivity contribution in [2.24, 2.45) is 5.41 Å².